The van der Waals surface area contributed by atoms with Gasteiger partial charge in [-0.25, -0.2) is 4.98 Å². The van der Waals surface area contributed by atoms with E-state index in [-0.39, 0.29) is 5.91 Å². The van der Waals surface area contributed by atoms with Crippen molar-refractivity contribution in [1.82, 2.24) is 14.3 Å². The summed E-state index contributed by atoms with van der Waals surface area (Å²) < 4.78 is 1.79. The van der Waals surface area contributed by atoms with Crippen LogP contribution in [0.4, 0.5) is 0 Å². The van der Waals surface area contributed by atoms with Crippen molar-refractivity contribution in [2.24, 2.45) is 0 Å². The zero-order valence-corrected chi connectivity index (χ0v) is 12.9. The molecule has 1 amide bonds. The van der Waals surface area contributed by atoms with Gasteiger partial charge in [-0.15, -0.1) is 0 Å². The number of carbonyl (C=O) groups excluding carboxylic acids is 1. The van der Waals surface area contributed by atoms with Gasteiger partial charge in [-0.05, 0) is 31.9 Å². The SMILES string of the molecule is CCCN(CCC)C(=O)c1c(C)nc2ccc(Cl)cn12. The zero-order valence-electron chi connectivity index (χ0n) is 12.2. The number of aromatic nitrogens is 2. The Kier molecular flexibility index (Phi) is 4.65. The number of nitrogens with zero attached hydrogens (tertiary/aromatic N) is 3. The fourth-order valence-corrected chi connectivity index (χ4v) is 2.56. The third-order valence-corrected chi connectivity index (χ3v) is 3.46. The lowest BCUT2D eigenvalue weighted by Crippen LogP contribution is -2.33. The zero-order chi connectivity index (χ0) is 14.7. The molecule has 2 aromatic heterocycles. The second-order valence-corrected chi connectivity index (χ2v) is 5.35. The second-order valence-electron chi connectivity index (χ2n) is 4.91. The molecule has 0 saturated carbocycles. The van der Waals surface area contributed by atoms with Gasteiger partial charge in [-0.1, -0.05) is 25.4 Å². The van der Waals surface area contributed by atoms with Crippen LogP contribution in [0.2, 0.25) is 5.02 Å². The van der Waals surface area contributed by atoms with Gasteiger partial charge < -0.3 is 4.90 Å². The van der Waals surface area contributed by atoms with Crippen LogP contribution >= 0.6 is 11.6 Å². The number of rotatable bonds is 5. The number of imidazole rings is 1. The van der Waals surface area contributed by atoms with E-state index in [1.807, 2.05) is 17.9 Å². The minimum absolute atomic E-state index is 0.0287. The molecule has 2 aromatic rings. The fraction of sp³-hybridized carbons (Fsp3) is 0.467. The van der Waals surface area contributed by atoms with Crippen molar-refractivity contribution in [3.05, 3.63) is 34.7 Å². The molecule has 0 radical (unpaired) electrons. The van der Waals surface area contributed by atoms with E-state index in [1.54, 1.807) is 16.7 Å². The van der Waals surface area contributed by atoms with E-state index in [4.69, 9.17) is 11.6 Å². The minimum atomic E-state index is 0.0287. The van der Waals surface area contributed by atoms with Gasteiger partial charge in [-0.2, -0.15) is 0 Å². The van der Waals surface area contributed by atoms with Crippen LogP contribution in [0.3, 0.4) is 0 Å². The molecule has 5 heteroatoms. The Balaban J connectivity index is 2.47. The lowest BCUT2D eigenvalue weighted by molar-refractivity contribution is 0.0748. The first-order valence-corrected chi connectivity index (χ1v) is 7.39. The molecule has 0 bridgehead atoms. The highest BCUT2D eigenvalue weighted by molar-refractivity contribution is 6.30. The molecule has 0 unspecified atom stereocenters. The van der Waals surface area contributed by atoms with Crippen LogP contribution in [0.15, 0.2) is 18.3 Å². The predicted octanol–water partition coefficient (Wildman–Crippen LogP) is 3.56. The minimum Gasteiger partial charge on any atom is -0.337 e. The normalized spacial score (nSPS) is 11.0. The Labute approximate surface area is 124 Å². The number of pyridine rings is 1. The van der Waals surface area contributed by atoms with E-state index >= 15 is 0 Å². The molecule has 0 N–H and O–H groups in total. The van der Waals surface area contributed by atoms with Gasteiger partial charge >= 0.3 is 0 Å². The molecule has 0 aliphatic rings. The molecular formula is C15H20ClN3O. The third-order valence-electron chi connectivity index (χ3n) is 3.23. The summed E-state index contributed by atoms with van der Waals surface area (Å²) in [6.45, 7) is 7.55. The quantitative estimate of drug-likeness (QED) is 0.845. The monoisotopic (exact) mass is 293 g/mol. The summed E-state index contributed by atoms with van der Waals surface area (Å²) in [5.41, 5.74) is 2.11. The smallest absolute Gasteiger partial charge is 0.272 e. The van der Waals surface area contributed by atoms with E-state index in [0.29, 0.717) is 10.7 Å². The summed E-state index contributed by atoms with van der Waals surface area (Å²) in [4.78, 5) is 19.1. The van der Waals surface area contributed by atoms with Gasteiger partial charge in [0.15, 0.2) is 0 Å². The summed E-state index contributed by atoms with van der Waals surface area (Å²) in [6.07, 6.45) is 3.64. The number of halogens is 1. The molecule has 2 heterocycles. The summed E-state index contributed by atoms with van der Waals surface area (Å²) in [6, 6.07) is 3.61. The van der Waals surface area contributed by atoms with E-state index in [1.165, 1.54) is 0 Å². The van der Waals surface area contributed by atoms with Crippen LogP contribution in [0, 0.1) is 6.92 Å². The molecule has 0 aliphatic carbocycles. The molecule has 0 fully saturated rings. The fourth-order valence-electron chi connectivity index (χ4n) is 2.40. The molecule has 108 valence electrons. The molecule has 0 atom stereocenters. The highest BCUT2D eigenvalue weighted by atomic mass is 35.5. The Morgan fingerprint density at radius 2 is 1.95 bits per heavy atom. The van der Waals surface area contributed by atoms with Crippen LogP contribution in [0.1, 0.15) is 42.9 Å². The van der Waals surface area contributed by atoms with E-state index in [2.05, 4.69) is 18.8 Å². The Morgan fingerprint density at radius 3 is 2.55 bits per heavy atom. The average molecular weight is 294 g/mol. The lowest BCUT2D eigenvalue weighted by Gasteiger charge is -2.21. The van der Waals surface area contributed by atoms with Crippen molar-refractivity contribution in [3.63, 3.8) is 0 Å². The highest BCUT2D eigenvalue weighted by Crippen LogP contribution is 2.18. The second kappa shape index (κ2) is 6.27. The van der Waals surface area contributed by atoms with Gasteiger partial charge in [-0.3, -0.25) is 9.20 Å². The first-order chi connectivity index (χ1) is 9.58. The van der Waals surface area contributed by atoms with Gasteiger partial charge in [0.2, 0.25) is 0 Å². The molecular weight excluding hydrogens is 274 g/mol. The van der Waals surface area contributed by atoms with Crippen molar-refractivity contribution >= 4 is 23.2 Å². The molecule has 2 rings (SSSR count). The van der Waals surface area contributed by atoms with Gasteiger partial charge in [0.05, 0.1) is 10.7 Å². The Morgan fingerprint density at radius 1 is 1.30 bits per heavy atom. The van der Waals surface area contributed by atoms with Gasteiger partial charge in [0.1, 0.15) is 11.3 Å². The largest absolute Gasteiger partial charge is 0.337 e. The first-order valence-electron chi connectivity index (χ1n) is 7.02. The van der Waals surface area contributed by atoms with Gasteiger partial charge in [0.25, 0.3) is 5.91 Å². The van der Waals surface area contributed by atoms with Crippen LogP contribution in [0.25, 0.3) is 5.65 Å². The van der Waals surface area contributed by atoms with E-state index in [9.17, 15) is 4.79 Å². The van der Waals surface area contributed by atoms with Crippen LogP contribution in [0.5, 0.6) is 0 Å². The summed E-state index contributed by atoms with van der Waals surface area (Å²) >= 11 is 6.03. The number of hydrogen-bond donors (Lipinski definition) is 0. The topological polar surface area (TPSA) is 37.6 Å². The van der Waals surface area contributed by atoms with Crippen LogP contribution in [-0.2, 0) is 0 Å². The van der Waals surface area contributed by atoms with Crippen LogP contribution in [-0.4, -0.2) is 33.3 Å². The number of aryl methyl sites for hydroxylation is 1. The van der Waals surface area contributed by atoms with Crippen molar-refractivity contribution < 1.29 is 4.79 Å². The molecule has 20 heavy (non-hydrogen) atoms. The average Bonchev–Trinajstić information content (AvgIpc) is 2.73. The maximum absolute atomic E-state index is 12.8. The highest BCUT2D eigenvalue weighted by Gasteiger charge is 2.21. The Hall–Kier alpha value is -1.55. The summed E-state index contributed by atoms with van der Waals surface area (Å²) in [7, 11) is 0. The number of hydrogen-bond acceptors (Lipinski definition) is 2. The van der Waals surface area contributed by atoms with Crippen molar-refractivity contribution in [2.75, 3.05) is 13.1 Å². The molecule has 0 aliphatic heterocycles. The van der Waals surface area contributed by atoms with Crippen LogP contribution < -0.4 is 0 Å². The molecule has 0 aromatic carbocycles. The lowest BCUT2D eigenvalue weighted by atomic mass is 10.2. The Bertz CT molecular complexity index is 615. The van der Waals surface area contributed by atoms with E-state index < -0.39 is 0 Å². The number of carbonyl (C=O) groups is 1. The maximum Gasteiger partial charge on any atom is 0.272 e. The van der Waals surface area contributed by atoms with Crippen molar-refractivity contribution in [1.29, 1.82) is 0 Å². The summed E-state index contributed by atoms with van der Waals surface area (Å²) in [5, 5.41) is 0.599. The number of fused-ring (bicyclic) bond motifs is 1. The van der Waals surface area contributed by atoms with E-state index in [0.717, 1.165) is 37.3 Å². The van der Waals surface area contributed by atoms with Gasteiger partial charge in [0, 0.05) is 19.3 Å². The third kappa shape index (κ3) is 2.80. The summed E-state index contributed by atoms with van der Waals surface area (Å²) in [5.74, 6) is 0.0287. The molecule has 0 saturated heterocycles. The van der Waals surface area contributed by atoms with Crippen molar-refractivity contribution in [3.8, 4) is 0 Å². The first kappa shape index (κ1) is 14.9. The predicted molar refractivity (Wildman–Crippen MR) is 81.4 cm³/mol. The molecule has 4 nitrogen and oxygen atoms in total. The van der Waals surface area contributed by atoms with Crippen molar-refractivity contribution in [2.45, 2.75) is 33.6 Å². The maximum atomic E-state index is 12.8. The standard InChI is InChI=1S/C15H20ClN3O/c1-4-8-18(9-5-2)15(20)14-11(3)17-13-7-6-12(16)10-19(13)14/h6-7,10H,4-5,8-9H2,1-3H3. The number of amides is 1. The molecule has 0 spiro atoms.